The maximum Gasteiger partial charge on any atom is 0.149 e. The van der Waals surface area contributed by atoms with Crippen molar-refractivity contribution < 1.29 is 9.57 Å². The number of aromatic nitrogens is 3. The molecule has 2 heterocycles. The van der Waals surface area contributed by atoms with E-state index >= 15 is 0 Å². The largest absolute Gasteiger partial charge is 0.490 e. The molecule has 0 aliphatic carbocycles. The van der Waals surface area contributed by atoms with Crippen molar-refractivity contribution in [3.8, 4) is 5.75 Å². The van der Waals surface area contributed by atoms with E-state index in [-0.39, 0.29) is 0 Å². The first-order chi connectivity index (χ1) is 11.4. The summed E-state index contributed by atoms with van der Waals surface area (Å²) in [6, 6.07) is 17.6. The molecule has 0 atom stereocenters. The van der Waals surface area contributed by atoms with Crippen LogP contribution in [0.4, 0.5) is 0 Å². The number of para-hydroxylation sites is 2. The summed E-state index contributed by atoms with van der Waals surface area (Å²) in [7, 11) is 0. The van der Waals surface area contributed by atoms with Gasteiger partial charge >= 0.3 is 0 Å². The van der Waals surface area contributed by atoms with Crippen LogP contribution < -0.4 is 9.57 Å². The van der Waals surface area contributed by atoms with E-state index in [1.807, 2.05) is 54.6 Å². The highest BCUT2D eigenvalue weighted by Crippen LogP contribution is 2.21. The molecule has 0 fully saturated rings. The highest BCUT2D eigenvalue weighted by molar-refractivity contribution is 6.01. The van der Waals surface area contributed by atoms with Crippen LogP contribution in [0, 0.1) is 0 Å². The van der Waals surface area contributed by atoms with Crippen molar-refractivity contribution in [1.82, 2.24) is 14.7 Å². The van der Waals surface area contributed by atoms with E-state index in [4.69, 9.17) is 9.57 Å². The zero-order valence-electron chi connectivity index (χ0n) is 12.4. The minimum absolute atomic E-state index is 0.428. The standard InChI is InChI=1S/C18H15N3O2/c1-2-6-14(7-3-1)22-10-11-23-21-13-20-17-12-19-16-9-5-4-8-15(16)18(17)21/h1-9,12-13H,10-11H2. The number of benzene rings is 2. The Morgan fingerprint density at radius 1 is 0.826 bits per heavy atom. The van der Waals surface area contributed by atoms with Gasteiger partial charge in [0.15, 0.2) is 0 Å². The van der Waals surface area contributed by atoms with Crippen LogP contribution in [0.15, 0.2) is 67.1 Å². The van der Waals surface area contributed by atoms with E-state index < -0.39 is 0 Å². The Morgan fingerprint density at radius 2 is 1.65 bits per heavy atom. The van der Waals surface area contributed by atoms with Gasteiger partial charge in [-0.05, 0) is 18.2 Å². The molecule has 0 aliphatic rings. The van der Waals surface area contributed by atoms with E-state index in [2.05, 4.69) is 9.97 Å². The molecule has 5 heteroatoms. The highest BCUT2D eigenvalue weighted by Gasteiger charge is 2.08. The molecule has 0 unspecified atom stereocenters. The number of nitrogens with zero attached hydrogens (tertiary/aromatic N) is 3. The number of fused-ring (bicyclic) bond motifs is 3. The highest BCUT2D eigenvalue weighted by atomic mass is 16.7. The van der Waals surface area contributed by atoms with Crippen molar-refractivity contribution in [2.24, 2.45) is 0 Å². The van der Waals surface area contributed by atoms with Gasteiger partial charge in [0.05, 0.1) is 11.7 Å². The summed E-state index contributed by atoms with van der Waals surface area (Å²) >= 11 is 0. The Bertz CT molecular complexity index is 935. The van der Waals surface area contributed by atoms with Gasteiger partial charge < -0.3 is 9.57 Å². The van der Waals surface area contributed by atoms with Crippen molar-refractivity contribution in [2.75, 3.05) is 13.2 Å². The maximum atomic E-state index is 5.79. The number of ether oxygens (including phenoxy) is 1. The summed E-state index contributed by atoms with van der Waals surface area (Å²) in [5.41, 5.74) is 2.66. The molecule has 0 saturated heterocycles. The average Bonchev–Trinajstić information content (AvgIpc) is 3.03. The Labute approximate surface area is 133 Å². The number of pyridine rings is 1. The Balaban J connectivity index is 1.52. The first kappa shape index (κ1) is 13.6. The molecular formula is C18H15N3O2. The lowest BCUT2D eigenvalue weighted by Crippen LogP contribution is -2.17. The van der Waals surface area contributed by atoms with Gasteiger partial charge in [0.2, 0.25) is 0 Å². The van der Waals surface area contributed by atoms with Crippen LogP contribution >= 0.6 is 0 Å². The molecule has 4 rings (SSSR count). The van der Waals surface area contributed by atoms with E-state index in [1.54, 1.807) is 17.3 Å². The summed E-state index contributed by atoms with van der Waals surface area (Å²) in [5.74, 6) is 0.834. The Hall–Kier alpha value is -3.08. The first-order valence-electron chi connectivity index (χ1n) is 7.44. The van der Waals surface area contributed by atoms with Crippen molar-refractivity contribution in [2.45, 2.75) is 0 Å². The van der Waals surface area contributed by atoms with Gasteiger partial charge in [-0.25, -0.2) is 4.98 Å². The van der Waals surface area contributed by atoms with Gasteiger partial charge in [0, 0.05) is 5.39 Å². The second-order valence-electron chi connectivity index (χ2n) is 5.07. The van der Waals surface area contributed by atoms with Gasteiger partial charge in [-0.2, -0.15) is 4.73 Å². The van der Waals surface area contributed by atoms with Crippen LogP contribution in [-0.2, 0) is 0 Å². The lowest BCUT2D eigenvalue weighted by Gasteiger charge is -2.09. The quantitative estimate of drug-likeness (QED) is 0.532. The van der Waals surface area contributed by atoms with Crippen molar-refractivity contribution in [1.29, 1.82) is 0 Å². The van der Waals surface area contributed by atoms with Crippen molar-refractivity contribution in [3.05, 3.63) is 67.1 Å². The van der Waals surface area contributed by atoms with Gasteiger partial charge in [0.1, 0.15) is 36.3 Å². The SMILES string of the molecule is c1ccc(OCCOn2cnc3cnc4ccccc4c32)cc1. The number of imidazole rings is 1. The fourth-order valence-corrected chi connectivity index (χ4v) is 2.52. The smallest absolute Gasteiger partial charge is 0.149 e. The van der Waals surface area contributed by atoms with E-state index in [1.165, 1.54) is 0 Å². The summed E-state index contributed by atoms with van der Waals surface area (Å²) in [5, 5.41) is 1.02. The predicted octanol–water partition coefficient (Wildman–Crippen LogP) is 3.09. The van der Waals surface area contributed by atoms with Crippen molar-refractivity contribution >= 4 is 21.9 Å². The predicted molar refractivity (Wildman–Crippen MR) is 88.4 cm³/mol. The molecule has 5 nitrogen and oxygen atoms in total. The minimum Gasteiger partial charge on any atom is -0.490 e. The molecule has 0 bridgehead atoms. The molecule has 0 amide bonds. The van der Waals surface area contributed by atoms with Gasteiger partial charge in [-0.15, -0.1) is 0 Å². The molecule has 0 N–H and O–H groups in total. The number of hydrogen-bond donors (Lipinski definition) is 0. The molecule has 114 valence electrons. The molecular weight excluding hydrogens is 290 g/mol. The minimum atomic E-state index is 0.428. The molecule has 0 saturated carbocycles. The number of hydrogen-bond acceptors (Lipinski definition) is 4. The fraction of sp³-hybridized carbons (Fsp3) is 0.111. The molecule has 23 heavy (non-hydrogen) atoms. The molecule has 0 spiro atoms. The third kappa shape index (κ3) is 2.68. The van der Waals surface area contributed by atoms with Crippen LogP contribution in [0.1, 0.15) is 0 Å². The molecule has 2 aromatic heterocycles. The fourth-order valence-electron chi connectivity index (χ4n) is 2.52. The zero-order valence-corrected chi connectivity index (χ0v) is 12.4. The average molecular weight is 305 g/mol. The van der Waals surface area contributed by atoms with Gasteiger partial charge in [0.25, 0.3) is 0 Å². The van der Waals surface area contributed by atoms with Gasteiger partial charge in [-0.3, -0.25) is 4.98 Å². The third-order valence-corrected chi connectivity index (χ3v) is 3.58. The normalized spacial score (nSPS) is 11.0. The first-order valence-corrected chi connectivity index (χ1v) is 7.44. The molecule has 0 radical (unpaired) electrons. The van der Waals surface area contributed by atoms with Crippen LogP contribution in [0.2, 0.25) is 0 Å². The summed E-state index contributed by atoms with van der Waals surface area (Å²) in [6.45, 7) is 0.893. The van der Waals surface area contributed by atoms with E-state index in [9.17, 15) is 0 Å². The topological polar surface area (TPSA) is 49.2 Å². The summed E-state index contributed by atoms with van der Waals surface area (Å²) < 4.78 is 7.32. The summed E-state index contributed by atoms with van der Waals surface area (Å²) in [4.78, 5) is 14.5. The van der Waals surface area contributed by atoms with Crippen molar-refractivity contribution in [3.63, 3.8) is 0 Å². The maximum absolute atomic E-state index is 5.79. The zero-order chi connectivity index (χ0) is 15.5. The molecule has 2 aromatic carbocycles. The Kier molecular flexibility index (Phi) is 3.52. The van der Waals surface area contributed by atoms with E-state index in [0.717, 1.165) is 27.7 Å². The molecule has 0 aliphatic heterocycles. The third-order valence-electron chi connectivity index (χ3n) is 3.58. The van der Waals surface area contributed by atoms with Crippen LogP contribution in [0.5, 0.6) is 5.75 Å². The number of rotatable bonds is 5. The molecule has 4 aromatic rings. The second-order valence-corrected chi connectivity index (χ2v) is 5.07. The summed E-state index contributed by atoms with van der Waals surface area (Å²) in [6.07, 6.45) is 3.43. The van der Waals surface area contributed by atoms with Crippen LogP contribution in [0.3, 0.4) is 0 Å². The van der Waals surface area contributed by atoms with Gasteiger partial charge in [-0.1, -0.05) is 36.4 Å². The Morgan fingerprint density at radius 3 is 2.57 bits per heavy atom. The van der Waals surface area contributed by atoms with E-state index in [0.29, 0.717) is 13.2 Å². The lowest BCUT2D eigenvalue weighted by molar-refractivity contribution is 0.0895. The lowest BCUT2D eigenvalue weighted by atomic mass is 10.2. The van der Waals surface area contributed by atoms with Crippen LogP contribution in [-0.4, -0.2) is 27.9 Å². The second kappa shape index (κ2) is 5.96. The van der Waals surface area contributed by atoms with Crippen LogP contribution in [0.25, 0.3) is 21.9 Å². The monoisotopic (exact) mass is 305 g/mol.